The fourth-order valence-corrected chi connectivity index (χ4v) is 3.98. The third kappa shape index (κ3) is 4.15. The molecule has 25 heavy (non-hydrogen) atoms. The highest BCUT2D eigenvalue weighted by Crippen LogP contribution is 2.29. The van der Waals surface area contributed by atoms with Crippen LogP contribution in [0.4, 0.5) is 5.69 Å². The minimum Gasteiger partial charge on any atom is -0.352 e. The van der Waals surface area contributed by atoms with Crippen LogP contribution in [0.3, 0.4) is 0 Å². The minimum atomic E-state index is -0.246. The number of para-hydroxylation sites is 1. The lowest BCUT2D eigenvalue weighted by Gasteiger charge is -2.29. The lowest BCUT2D eigenvalue weighted by Crippen LogP contribution is -2.36. The van der Waals surface area contributed by atoms with Gasteiger partial charge in [-0.1, -0.05) is 18.2 Å². The van der Waals surface area contributed by atoms with Crippen LogP contribution in [-0.2, 0) is 0 Å². The zero-order chi connectivity index (χ0) is 17.6. The van der Waals surface area contributed by atoms with Gasteiger partial charge in [0.25, 0.3) is 0 Å². The third-order valence-corrected chi connectivity index (χ3v) is 5.26. The Morgan fingerprint density at radius 2 is 1.56 bits per heavy atom. The molecule has 2 fully saturated rings. The lowest BCUT2D eigenvalue weighted by atomic mass is 10.3. The van der Waals surface area contributed by atoms with Gasteiger partial charge in [-0.15, -0.1) is 11.8 Å². The molecule has 0 spiro atoms. The van der Waals surface area contributed by atoms with E-state index in [4.69, 9.17) is 0 Å². The number of likely N-dealkylation sites (tertiary alicyclic amines) is 2. The Labute approximate surface area is 152 Å². The number of thioether (sulfide) groups is 1. The SMILES string of the molecule is CSC(=Nc1ccccc1)C(=C(N1CCCC1)N1CCCC1)[N+](=O)[O-]. The highest BCUT2D eigenvalue weighted by molar-refractivity contribution is 8.13. The average molecular weight is 360 g/mol. The van der Waals surface area contributed by atoms with Gasteiger partial charge in [0.1, 0.15) is 0 Å². The molecule has 6 nitrogen and oxygen atoms in total. The number of hydrogen-bond donors (Lipinski definition) is 0. The zero-order valence-electron chi connectivity index (χ0n) is 14.6. The minimum absolute atomic E-state index is 0.153. The van der Waals surface area contributed by atoms with Gasteiger partial charge in [0, 0.05) is 26.2 Å². The van der Waals surface area contributed by atoms with E-state index in [0.29, 0.717) is 5.04 Å². The molecule has 2 saturated heterocycles. The number of benzene rings is 1. The predicted octanol–water partition coefficient (Wildman–Crippen LogP) is 3.72. The van der Waals surface area contributed by atoms with E-state index in [1.807, 2.05) is 36.6 Å². The zero-order valence-corrected chi connectivity index (χ0v) is 15.4. The van der Waals surface area contributed by atoms with E-state index in [2.05, 4.69) is 14.8 Å². The second kappa shape index (κ2) is 8.38. The molecule has 1 aromatic carbocycles. The van der Waals surface area contributed by atoms with E-state index < -0.39 is 0 Å². The monoisotopic (exact) mass is 360 g/mol. The molecule has 0 N–H and O–H groups in total. The van der Waals surface area contributed by atoms with E-state index >= 15 is 0 Å². The van der Waals surface area contributed by atoms with Crippen LogP contribution in [0.5, 0.6) is 0 Å². The fraction of sp³-hybridized carbons (Fsp3) is 0.500. The maximum atomic E-state index is 12.0. The van der Waals surface area contributed by atoms with Crippen molar-refractivity contribution in [3.8, 4) is 0 Å². The molecule has 2 heterocycles. The first-order valence-corrected chi connectivity index (χ1v) is 10.00. The summed E-state index contributed by atoms with van der Waals surface area (Å²) in [6.07, 6.45) is 6.22. The summed E-state index contributed by atoms with van der Waals surface area (Å²) >= 11 is 1.34. The van der Waals surface area contributed by atoms with Gasteiger partial charge in [-0.25, -0.2) is 4.99 Å². The summed E-state index contributed by atoms with van der Waals surface area (Å²) in [6, 6.07) is 9.46. The topological polar surface area (TPSA) is 62.0 Å². The van der Waals surface area contributed by atoms with Crippen LogP contribution in [-0.4, -0.2) is 52.2 Å². The molecule has 0 aromatic heterocycles. The molecule has 1 aromatic rings. The van der Waals surface area contributed by atoms with Gasteiger partial charge >= 0.3 is 5.70 Å². The molecule has 0 amide bonds. The normalized spacial score (nSPS) is 17.9. The first kappa shape index (κ1) is 17.8. The van der Waals surface area contributed by atoms with Gasteiger partial charge in [0.15, 0.2) is 10.9 Å². The fourth-order valence-electron chi connectivity index (χ4n) is 3.43. The molecule has 7 heteroatoms. The number of nitrogens with zero attached hydrogens (tertiary/aromatic N) is 4. The van der Waals surface area contributed by atoms with Crippen molar-refractivity contribution in [1.82, 2.24) is 9.80 Å². The largest absolute Gasteiger partial charge is 0.352 e. The van der Waals surface area contributed by atoms with Crippen molar-refractivity contribution in [1.29, 1.82) is 0 Å². The molecule has 3 rings (SSSR count). The number of rotatable bonds is 5. The van der Waals surface area contributed by atoms with E-state index in [1.54, 1.807) is 0 Å². The van der Waals surface area contributed by atoms with Crippen LogP contribution in [0.1, 0.15) is 25.7 Å². The van der Waals surface area contributed by atoms with Crippen LogP contribution in [0.15, 0.2) is 46.8 Å². The van der Waals surface area contributed by atoms with Crippen molar-refractivity contribution in [2.24, 2.45) is 4.99 Å². The van der Waals surface area contributed by atoms with Crippen molar-refractivity contribution in [3.05, 3.63) is 52.0 Å². The Bertz CT molecular complexity index is 645. The molecule has 0 bridgehead atoms. The highest BCUT2D eigenvalue weighted by atomic mass is 32.2. The van der Waals surface area contributed by atoms with Crippen molar-refractivity contribution in [2.45, 2.75) is 25.7 Å². The van der Waals surface area contributed by atoms with E-state index in [-0.39, 0.29) is 10.6 Å². The Morgan fingerprint density at radius 1 is 1.04 bits per heavy atom. The maximum Gasteiger partial charge on any atom is 0.341 e. The second-order valence-corrected chi connectivity index (χ2v) is 7.07. The second-order valence-electron chi connectivity index (χ2n) is 6.27. The van der Waals surface area contributed by atoms with E-state index in [9.17, 15) is 10.1 Å². The van der Waals surface area contributed by atoms with Gasteiger partial charge in [-0.05, 0) is 44.1 Å². The van der Waals surface area contributed by atoms with Gasteiger partial charge in [0.2, 0.25) is 0 Å². The maximum absolute atomic E-state index is 12.0. The molecular weight excluding hydrogens is 336 g/mol. The first-order valence-electron chi connectivity index (χ1n) is 8.77. The summed E-state index contributed by atoms with van der Waals surface area (Å²) in [7, 11) is 0. The summed E-state index contributed by atoms with van der Waals surface area (Å²) in [4.78, 5) is 20.7. The van der Waals surface area contributed by atoms with Crippen LogP contribution < -0.4 is 0 Å². The van der Waals surface area contributed by atoms with Crippen LogP contribution in [0, 0.1) is 10.1 Å². The van der Waals surface area contributed by atoms with Crippen LogP contribution >= 0.6 is 11.8 Å². The highest BCUT2D eigenvalue weighted by Gasteiger charge is 2.34. The van der Waals surface area contributed by atoms with Crippen LogP contribution in [0.2, 0.25) is 0 Å². The van der Waals surface area contributed by atoms with E-state index in [1.165, 1.54) is 11.8 Å². The molecule has 134 valence electrons. The molecule has 0 atom stereocenters. The smallest absolute Gasteiger partial charge is 0.341 e. The lowest BCUT2D eigenvalue weighted by molar-refractivity contribution is -0.417. The standard InChI is InChI=1S/C18H24N4O2S/c1-25-17(19-15-9-3-2-4-10-15)16(22(23)24)18(20-11-5-6-12-20)21-13-7-8-14-21/h2-4,9-10H,5-8,11-14H2,1H3. The molecule has 2 aliphatic rings. The molecule has 0 radical (unpaired) electrons. The van der Waals surface area contributed by atoms with Crippen molar-refractivity contribution < 1.29 is 4.92 Å². The molecule has 0 saturated carbocycles. The summed E-state index contributed by atoms with van der Waals surface area (Å²) in [5.41, 5.74) is 0.897. The third-order valence-electron chi connectivity index (χ3n) is 4.59. The van der Waals surface area contributed by atoms with Gasteiger partial charge in [0.05, 0.1) is 10.6 Å². The molecule has 2 aliphatic heterocycles. The molecular formula is C18H24N4O2S. The van der Waals surface area contributed by atoms with Crippen LogP contribution in [0.25, 0.3) is 0 Å². The first-order chi connectivity index (χ1) is 12.2. The Morgan fingerprint density at radius 3 is 2.00 bits per heavy atom. The van der Waals surface area contributed by atoms with Crippen molar-refractivity contribution >= 4 is 22.5 Å². The Balaban J connectivity index is 2.09. The summed E-state index contributed by atoms with van der Waals surface area (Å²) in [5, 5.41) is 12.5. The molecule has 0 aliphatic carbocycles. The van der Waals surface area contributed by atoms with E-state index in [0.717, 1.165) is 63.4 Å². The summed E-state index contributed by atoms with van der Waals surface area (Å²) < 4.78 is 0. The van der Waals surface area contributed by atoms with Gasteiger partial charge in [-0.2, -0.15) is 0 Å². The number of hydrogen-bond acceptors (Lipinski definition) is 6. The average Bonchev–Trinajstić information content (AvgIpc) is 3.32. The summed E-state index contributed by atoms with van der Waals surface area (Å²) in [6.45, 7) is 3.54. The van der Waals surface area contributed by atoms with Crippen molar-refractivity contribution in [2.75, 3.05) is 32.4 Å². The number of aliphatic imine (C=N–C) groups is 1. The Kier molecular flexibility index (Phi) is 5.96. The van der Waals surface area contributed by atoms with Gasteiger partial charge < -0.3 is 9.80 Å². The molecule has 0 unspecified atom stereocenters. The number of nitro groups is 1. The van der Waals surface area contributed by atoms with Crippen molar-refractivity contribution in [3.63, 3.8) is 0 Å². The van der Waals surface area contributed by atoms with Gasteiger partial charge in [-0.3, -0.25) is 10.1 Å². The Hall–Kier alpha value is -2.02. The summed E-state index contributed by atoms with van der Waals surface area (Å²) in [5.74, 6) is 0.768. The predicted molar refractivity (Wildman–Crippen MR) is 103 cm³/mol. The quantitative estimate of drug-likeness (QED) is 0.347.